The Morgan fingerprint density at radius 2 is 1.67 bits per heavy atom. The fourth-order valence-electron chi connectivity index (χ4n) is 1.81. The fourth-order valence-corrected chi connectivity index (χ4v) is 1.81. The second-order valence-electron chi connectivity index (χ2n) is 4.32. The molecule has 0 heterocycles. The van der Waals surface area contributed by atoms with E-state index < -0.39 is 17.9 Å². The van der Waals surface area contributed by atoms with Crippen molar-refractivity contribution in [1.82, 2.24) is 0 Å². The SMILES string of the molecule is CC(=O)c1ccc(-c2ccc(OC(F)(F)F)cc2F)cc1. The highest BCUT2D eigenvalue weighted by Crippen LogP contribution is 2.29. The number of halogens is 4. The van der Waals surface area contributed by atoms with Crippen LogP contribution < -0.4 is 4.74 Å². The zero-order chi connectivity index (χ0) is 15.6. The minimum absolute atomic E-state index is 0.125. The molecule has 0 aliphatic carbocycles. The van der Waals surface area contributed by atoms with E-state index >= 15 is 0 Å². The third-order valence-corrected chi connectivity index (χ3v) is 2.78. The molecule has 0 unspecified atom stereocenters. The van der Waals surface area contributed by atoms with Gasteiger partial charge in [0.15, 0.2) is 5.78 Å². The summed E-state index contributed by atoms with van der Waals surface area (Å²) in [5.41, 5.74) is 1.05. The molecule has 21 heavy (non-hydrogen) atoms. The molecule has 0 aliphatic heterocycles. The van der Waals surface area contributed by atoms with E-state index in [0.717, 1.165) is 6.07 Å². The average Bonchev–Trinajstić information content (AvgIpc) is 2.37. The Labute approximate surface area is 118 Å². The number of ketones is 1. The summed E-state index contributed by atoms with van der Waals surface area (Å²) in [4.78, 5) is 11.1. The molecule has 0 aliphatic rings. The summed E-state index contributed by atoms with van der Waals surface area (Å²) in [5, 5.41) is 0. The van der Waals surface area contributed by atoms with Crippen LogP contribution in [0.5, 0.6) is 5.75 Å². The van der Waals surface area contributed by atoms with Crippen molar-refractivity contribution < 1.29 is 27.1 Å². The number of rotatable bonds is 3. The van der Waals surface area contributed by atoms with Gasteiger partial charge in [0, 0.05) is 17.2 Å². The molecule has 2 aromatic carbocycles. The lowest BCUT2D eigenvalue weighted by molar-refractivity contribution is -0.274. The smallest absolute Gasteiger partial charge is 0.406 e. The molecule has 0 spiro atoms. The molecule has 0 fully saturated rings. The molecule has 0 N–H and O–H groups in total. The van der Waals surface area contributed by atoms with Crippen LogP contribution in [0.1, 0.15) is 17.3 Å². The number of hydrogen-bond donors (Lipinski definition) is 0. The van der Waals surface area contributed by atoms with E-state index in [0.29, 0.717) is 17.2 Å². The molecule has 0 amide bonds. The zero-order valence-electron chi connectivity index (χ0n) is 10.9. The van der Waals surface area contributed by atoms with Gasteiger partial charge in [0.05, 0.1) is 0 Å². The van der Waals surface area contributed by atoms with Crippen molar-refractivity contribution in [2.75, 3.05) is 0 Å². The largest absolute Gasteiger partial charge is 0.573 e. The summed E-state index contributed by atoms with van der Waals surface area (Å²) in [6.07, 6.45) is -4.86. The van der Waals surface area contributed by atoms with Crippen LogP contribution in [-0.2, 0) is 0 Å². The summed E-state index contributed by atoms with van der Waals surface area (Å²) in [6, 6.07) is 9.00. The average molecular weight is 298 g/mol. The Hall–Kier alpha value is -2.37. The van der Waals surface area contributed by atoms with E-state index in [1.807, 2.05) is 0 Å². The maximum absolute atomic E-state index is 13.9. The second-order valence-corrected chi connectivity index (χ2v) is 4.32. The number of hydrogen-bond acceptors (Lipinski definition) is 2. The molecule has 0 saturated carbocycles. The first-order valence-electron chi connectivity index (χ1n) is 5.93. The van der Waals surface area contributed by atoms with Crippen molar-refractivity contribution in [1.29, 1.82) is 0 Å². The Morgan fingerprint density at radius 1 is 1.05 bits per heavy atom. The molecule has 0 atom stereocenters. The van der Waals surface area contributed by atoms with Crippen molar-refractivity contribution in [3.63, 3.8) is 0 Å². The molecular formula is C15H10F4O2. The third kappa shape index (κ3) is 3.81. The van der Waals surface area contributed by atoms with Crippen LogP contribution in [0.3, 0.4) is 0 Å². The van der Waals surface area contributed by atoms with Crippen molar-refractivity contribution in [2.24, 2.45) is 0 Å². The van der Waals surface area contributed by atoms with E-state index in [9.17, 15) is 22.4 Å². The van der Waals surface area contributed by atoms with Crippen molar-refractivity contribution in [3.05, 3.63) is 53.8 Å². The number of carbonyl (C=O) groups excluding carboxylic acids is 1. The fraction of sp³-hybridized carbons (Fsp3) is 0.133. The van der Waals surface area contributed by atoms with Gasteiger partial charge in [-0.05, 0) is 24.6 Å². The number of alkyl halides is 3. The molecule has 2 rings (SSSR count). The highest BCUT2D eigenvalue weighted by molar-refractivity contribution is 5.94. The lowest BCUT2D eigenvalue weighted by atomic mass is 10.0. The van der Waals surface area contributed by atoms with Crippen LogP contribution in [0.2, 0.25) is 0 Å². The van der Waals surface area contributed by atoms with Crippen LogP contribution in [0.25, 0.3) is 11.1 Å². The van der Waals surface area contributed by atoms with Gasteiger partial charge < -0.3 is 4.74 Å². The lowest BCUT2D eigenvalue weighted by Gasteiger charge is -2.10. The van der Waals surface area contributed by atoms with Crippen LogP contribution >= 0.6 is 0 Å². The van der Waals surface area contributed by atoms with Crippen LogP contribution in [0, 0.1) is 5.82 Å². The van der Waals surface area contributed by atoms with Crippen LogP contribution in [-0.4, -0.2) is 12.1 Å². The summed E-state index contributed by atoms with van der Waals surface area (Å²) < 4.78 is 53.6. The molecule has 2 nitrogen and oxygen atoms in total. The van der Waals surface area contributed by atoms with Gasteiger partial charge in [0.1, 0.15) is 11.6 Å². The Kier molecular flexibility index (Phi) is 3.97. The first kappa shape index (κ1) is 15.0. The topological polar surface area (TPSA) is 26.3 Å². The van der Waals surface area contributed by atoms with E-state index in [-0.39, 0.29) is 11.3 Å². The summed E-state index contributed by atoms with van der Waals surface area (Å²) >= 11 is 0. The molecule has 6 heteroatoms. The first-order chi connectivity index (χ1) is 9.76. The van der Waals surface area contributed by atoms with Gasteiger partial charge in [-0.3, -0.25) is 4.79 Å². The second kappa shape index (κ2) is 5.55. The predicted molar refractivity (Wildman–Crippen MR) is 68.5 cm³/mol. The molecule has 0 saturated heterocycles. The molecule has 110 valence electrons. The van der Waals surface area contributed by atoms with Crippen LogP contribution in [0.4, 0.5) is 17.6 Å². The van der Waals surface area contributed by atoms with Gasteiger partial charge >= 0.3 is 6.36 Å². The summed E-state index contributed by atoms with van der Waals surface area (Å²) in [6.45, 7) is 1.40. The summed E-state index contributed by atoms with van der Waals surface area (Å²) in [5.74, 6) is -1.59. The van der Waals surface area contributed by atoms with E-state index in [4.69, 9.17) is 0 Å². The highest BCUT2D eigenvalue weighted by Gasteiger charge is 2.31. The molecule has 0 aromatic heterocycles. The van der Waals surface area contributed by atoms with E-state index in [2.05, 4.69) is 4.74 Å². The number of ether oxygens (including phenoxy) is 1. The Bertz CT molecular complexity index is 660. The Morgan fingerprint density at radius 3 is 2.14 bits per heavy atom. The van der Waals surface area contributed by atoms with Crippen molar-refractivity contribution >= 4 is 5.78 Å². The highest BCUT2D eigenvalue weighted by atomic mass is 19.4. The Balaban J connectivity index is 2.30. The van der Waals surface area contributed by atoms with Gasteiger partial charge in [-0.1, -0.05) is 24.3 Å². The predicted octanol–water partition coefficient (Wildman–Crippen LogP) is 4.59. The molecular weight excluding hydrogens is 288 g/mol. The lowest BCUT2D eigenvalue weighted by Crippen LogP contribution is -2.17. The van der Waals surface area contributed by atoms with Gasteiger partial charge in [0.25, 0.3) is 0 Å². The van der Waals surface area contributed by atoms with Gasteiger partial charge in [-0.2, -0.15) is 0 Å². The van der Waals surface area contributed by atoms with Gasteiger partial charge in [-0.15, -0.1) is 13.2 Å². The minimum atomic E-state index is -4.86. The van der Waals surface area contributed by atoms with Crippen molar-refractivity contribution in [3.8, 4) is 16.9 Å². The number of Topliss-reactive ketones (excluding diaryl/α,β-unsaturated/α-hetero) is 1. The number of carbonyl (C=O) groups is 1. The third-order valence-electron chi connectivity index (χ3n) is 2.78. The minimum Gasteiger partial charge on any atom is -0.406 e. The first-order valence-corrected chi connectivity index (χ1v) is 5.93. The molecule has 0 radical (unpaired) electrons. The standard InChI is InChI=1S/C15H10F4O2/c1-9(20)10-2-4-11(5-3-10)13-7-6-12(8-14(13)16)21-15(17,18)19/h2-8H,1H3. The quantitative estimate of drug-likeness (QED) is 0.612. The normalized spacial score (nSPS) is 11.3. The van der Waals surface area contributed by atoms with Crippen molar-refractivity contribution in [2.45, 2.75) is 13.3 Å². The van der Waals surface area contributed by atoms with Gasteiger partial charge in [0.2, 0.25) is 0 Å². The maximum Gasteiger partial charge on any atom is 0.573 e. The summed E-state index contributed by atoms with van der Waals surface area (Å²) in [7, 11) is 0. The molecule has 2 aromatic rings. The van der Waals surface area contributed by atoms with Crippen LogP contribution in [0.15, 0.2) is 42.5 Å². The monoisotopic (exact) mass is 298 g/mol. The van der Waals surface area contributed by atoms with Gasteiger partial charge in [-0.25, -0.2) is 4.39 Å². The maximum atomic E-state index is 13.9. The number of benzene rings is 2. The zero-order valence-corrected chi connectivity index (χ0v) is 10.9. The van der Waals surface area contributed by atoms with E-state index in [1.54, 1.807) is 0 Å². The molecule has 0 bridgehead atoms. The van der Waals surface area contributed by atoms with E-state index in [1.165, 1.54) is 37.3 Å².